The van der Waals surface area contributed by atoms with E-state index >= 15 is 0 Å². The Morgan fingerprint density at radius 2 is 1.91 bits per heavy atom. The molecule has 0 aliphatic carbocycles. The van der Waals surface area contributed by atoms with Gasteiger partial charge in [0.05, 0.1) is 11.0 Å². The van der Waals surface area contributed by atoms with E-state index in [4.69, 9.17) is 0 Å². The van der Waals surface area contributed by atoms with Crippen molar-refractivity contribution in [3.8, 4) is 11.4 Å². The van der Waals surface area contributed by atoms with Gasteiger partial charge in [-0.25, -0.2) is 4.98 Å². The number of hydrogen-bond donors (Lipinski definition) is 2. The third-order valence-corrected chi connectivity index (χ3v) is 3.58. The Balaban J connectivity index is 1.72. The van der Waals surface area contributed by atoms with E-state index in [0.717, 1.165) is 34.4 Å². The van der Waals surface area contributed by atoms with Gasteiger partial charge >= 0.3 is 0 Å². The molecule has 0 aliphatic heterocycles. The molecule has 22 heavy (non-hydrogen) atoms. The van der Waals surface area contributed by atoms with Crippen molar-refractivity contribution in [1.82, 2.24) is 15.3 Å². The second kappa shape index (κ2) is 6.43. The number of benzene rings is 2. The standard InChI is InChI=1S/C18H19N3O/c1-2-5-17(22)19-12-13-8-10-14(11-9-13)18-20-15-6-3-4-7-16(15)21-18/h3-4,6-11H,2,5,12H2,1H3,(H,19,22)(H,20,21). The van der Waals surface area contributed by atoms with Gasteiger partial charge in [-0.3, -0.25) is 4.79 Å². The SMILES string of the molecule is CCCC(=O)NCc1ccc(-c2nc3ccccc3[nH]2)cc1. The first-order valence-electron chi connectivity index (χ1n) is 7.57. The van der Waals surface area contributed by atoms with Crippen molar-refractivity contribution in [3.63, 3.8) is 0 Å². The molecular formula is C18H19N3O. The first-order chi connectivity index (χ1) is 10.8. The molecular weight excluding hydrogens is 274 g/mol. The van der Waals surface area contributed by atoms with Gasteiger partial charge in [0.25, 0.3) is 0 Å². The summed E-state index contributed by atoms with van der Waals surface area (Å²) in [6.45, 7) is 2.57. The van der Waals surface area contributed by atoms with Gasteiger partial charge in [0.15, 0.2) is 0 Å². The lowest BCUT2D eigenvalue weighted by Crippen LogP contribution is -2.21. The lowest BCUT2D eigenvalue weighted by Gasteiger charge is -2.05. The normalized spacial score (nSPS) is 10.8. The molecule has 0 bridgehead atoms. The average molecular weight is 293 g/mol. The first-order valence-corrected chi connectivity index (χ1v) is 7.57. The van der Waals surface area contributed by atoms with Crippen molar-refractivity contribution >= 4 is 16.9 Å². The van der Waals surface area contributed by atoms with Gasteiger partial charge in [0.2, 0.25) is 5.91 Å². The predicted molar refractivity (Wildman–Crippen MR) is 88.3 cm³/mol. The molecule has 0 atom stereocenters. The van der Waals surface area contributed by atoms with Crippen LogP contribution in [0, 0.1) is 0 Å². The maximum absolute atomic E-state index is 11.5. The van der Waals surface area contributed by atoms with E-state index in [-0.39, 0.29) is 5.91 Å². The topological polar surface area (TPSA) is 57.8 Å². The van der Waals surface area contributed by atoms with Crippen molar-refractivity contribution in [2.24, 2.45) is 0 Å². The minimum absolute atomic E-state index is 0.101. The number of H-pyrrole nitrogens is 1. The fourth-order valence-electron chi connectivity index (χ4n) is 2.39. The van der Waals surface area contributed by atoms with Gasteiger partial charge in [-0.15, -0.1) is 0 Å². The van der Waals surface area contributed by atoms with Gasteiger partial charge in [-0.05, 0) is 24.1 Å². The molecule has 4 heteroatoms. The fourth-order valence-corrected chi connectivity index (χ4v) is 2.39. The molecule has 2 aromatic carbocycles. The molecule has 3 aromatic rings. The van der Waals surface area contributed by atoms with E-state index in [1.54, 1.807) is 0 Å². The molecule has 2 N–H and O–H groups in total. The second-order valence-corrected chi connectivity index (χ2v) is 5.33. The Kier molecular flexibility index (Phi) is 4.19. The van der Waals surface area contributed by atoms with Crippen molar-refractivity contribution < 1.29 is 4.79 Å². The largest absolute Gasteiger partial charge is 0.352 e. The molecule has 0 fully saturated rings. The number of hydrogen-bond acceptors (Lipinski definition) is 2. The Labute approximate surface area is 129 Å². The van der Waals surface area contributed by atoms with Gasteiger partial charge in [0, 0.05) is 18.5 Å². The summed E-state index contributed by atoms with van der Waals surface area (Å²) in [6, 6.07) is 16.1. The zero-order chi connectivity index (χ0) is 15.4. The summed E-state index contributed by atoms with van der Waals surface area (Å²) in [5.41, 5.74) is 4.13. The van der Waals surface area contributed by atoms with Crippen LogP contribution in [-0.4, -0.2) is 15.9 Å². The summed E-state index contributed by atoms with van der Waals surface area (Å²) in [4.78, 5) is 19.4. The highest BCUT2D eigenvalue weighted by molar-refractivity contribution is 5.79. The smallest absolute Gasteiger partial charge is 0.220 e. The van der Waals surface area contributed by atoms with Crippen LogP contribution in [0.2, 0.25) is 0 Å². The average Bonchev–Trinajstić information content (AvgIpc) is 2.98. The number of imidazole rings is 1. The van der Waals surface area contributed by atoms with Crippen LogP contribution in [0.1, 0.15) is 25.3 Å². The quantitative estimate of drug-likeness (QED) is 0.754. The van der Waals surface area contributed by atoms with Crippen LogP contribution in [0.5, 0.6) is 0 Å². The molecule has 3 rings (SSSR count). The zero-order valence-electron chi connectivity index (χ0n) is 12.6. The van der Waals surface area contributed by atoms with Crippen LogP contribution >= 0.6 is 0 Å². The summed E-state index contributed by atoms with van der Waals surface area (Å²) in [5, 5.41) is 2.92. The molecule has 112 valence electrons. The van der Waals surface area contributed by atoms with Crippen LogP contribution in [0.4, 0.5) is 0 Å². The van der Waals surface area contributed by atoms with Gasteiger partial charge < -0.3 is 10.3 Å². The van der Waals surface area contributed by atoms with Crippen LogP contribution in [0.15, 0.2) is 48.5 Å². The van der Waals surface area contributed by atoms with E-state index in [1.807, 2.05) is 55.5 Å². The highest BCUT2D eigenvalue weighted by atomic mass is 16.1. The Hall–Kier alpha value is -2.62. The maximum Gasteiger partial charge on any atom is 0.220 e. The number of carbonyl (C=O) groups is 1. The lowest BCUT2D eigenvalue weighted by molar-refractivity contribution is -0.121. The number of carbonyl (C=O) groups excluding carboxylic acids is 1. The Morgan fingerprint density at radius 1 is 1.14 bits per heavy atom. The first kappa shape index (κ1) is 14.3. The molecule has 0 unspecified atom stereocenters. The zero-order valence-corrected chi connectivity index (χ0v) is 12.6. The van der Waals surface area contributed by atoms with E-state index in [0.29, 0.717) is 13.0 Å². The molecule has 4 nitrogen and oxygen atoms in total. The summed E-state index contributed by atoms with van der Waals surface area (Å²) < 4.78 is 0. The Bertz CT molecular complexity index is 741. The molecule has 0 spiro atoms. The molecule has 0 saturated heterocycles. The van der Waals surface area contributed by atoms with Crippen LogP contribution in [-0.2, 0) is 11.3 Å². The van der Waals surface area contributed by atoms with E-state index in [2.05, 4.69) is 15.3 Å². The number of amides is 1. The number of rotatable bonds is 5. The van der Waals surface area contributed by atoms with Gasteiger partial charge in [-0.2, -0.15) is 0 Å². The van der Waals surface area contributed by atoms with Crippen molar-refractivity contribution in [3.05, 3.63) is 54.1 Å². The van der Waals surface area contributed by atoms with E-state index in [1.165, 1.54) is 0 Å². The third kappa shape index (κ3) is 3.17. The predicted octanol–water partition coefficient (Wildman–Crippen LogP) is 3.65. The minimum atomic E-state index is 0.101. The summed E-state index contributed by atoms with van der Waals surface area (Å²) in [5.74, 6) is 0.964. The maximum atomic E-state index is 11.5. The molecule has 1 aromatic heterocycles. The number of fused-ring (bicyclic) bond motifs is 1. The monoisotopic (exact) mass is 293 g/mol. The van der Waals surface area contributed by atoms with Crippen LogP contribution in [0.3, 0.4) is 0 Å². The lowest BCUT2D eigenvalue weighted by atomic mass is 10.1. The van der Waals surface area contributed by atoms with Crippen molar-refractivity contribution in [2.45, 2.75) is 26.3 Å². The summed E-state index contributed by atoms with van der Waals surface area (Å²) in [7, 11) is 0. The third-order valence-electron chi connectivity index (χ3n) is 3.58. The van der Waals surface area contributed by atoms with Crippen LogP contribution < -0.4 is 5.32 Å². The summed E-state index contributed by atoms with van der Waals surface area (Å²) >= 11 is 0. The molecule has 0 radical (unpaired) electrons. The molecule has 1 heterocycles. The number of nitrogens with one attached hydrogen (secondary N) is 2. The second-order valence-electron chi connectivity index (χ2n) is 5.33. The van der Waals surface area contributed by atoms with E-state index in [9.17, 15) is 4.79 Å². The van der Waals surface area contributed by atoms with Crippen LogP contribution in [0.25, 0.3) is 22.4 Å². The van der Waals surface area contributed by atoms with Crippen molar-refractivity contribution in [1.29, 1.82) is 0 Å². The van der Waals surface area contributed by atoms with Crippen molar-refractivity contribution in [2.75, 3.05) is 0 Å². The highest BCUT2D eigenvalue weighted by Gasteiger charge is 2.05. The number of para-hydroxylation sites is 2. The molecule has 0 aliphatic rings. The number of nitrogens with zero attached hydrogens (tertiary/aromatic N) is 1. The van der Waals surface area contributed by atoms with Gasteiger partial charge in [0.1, 0.15) is 5.82 Å². The summed E-state index contributed by atoms with van der Waals surface area (Å²) in [6.07, 6.45) is 1.45. The molecule has 1 amide bonds. The Morgan fingerprint density at radius 3 is 2.64 bits per heavy atom. The number of aromatic nitrogens is 2. The van der Waals surface area contributed by atoms with Gasteiger partial charge in [-0.1, -0.05) is 43.3 Å². The highest BCUT2D eigenvalue weighted by Crippen LogP contribution is 2.20. The number of aromatic amines is 1. The molecule has 0 saturated carbocycles. The minimum Gasteiger partial charge on any atom is -0.352 e. The van der Waals surface area contributed by atoms with E-state index < -0.39 is 0 Å². The fraction of sp³-hybridized carbons (Fsp3) is 0.222.